The summed E-state index contributed by atoms with van der Waals surface area (Å²) in [6.07, 6.45) is 29.2. The van der Waals surface area contributed by atoms with Crippen LogP contribution in [0.15, 0.2) is 0 Å². The molecule has 64 heavy (non-hydrogen) atoms. The van der Waals surface area contributed by atoms with Gasteiger partial charge in [-0.25, -0.2) is 4.79 Å². The molecule has 0 atom stereocenters. The van der Waals surface area contributed by atoms with Gasteiger partial charge in [0.2, 0.25) is 0 Å². The molecule has 0 saturated heterocycles. The van der Waals surface area contributed by atoms with E-state index in [-0.39, 0.29) is 57.5 Å². The first kappa shape index (κ1) is 60.8. The lowest BCUT2D eigenvalue weighted by Gasteiger charge is -2.24. The van der Waals surface area contributed by atoms with Crippen LogP contribution in [0.1, 0.15) is 245 Å². The van der Waals surface area contributed by atoms with E-state index in [1.165, 1.54) is 96.3 Å². The number of carbonyl (C=O) groups excluding carboxylic acids is 6. The summed E-state index contributed by atoms with van der Waals surface area (Å²) >= 11 is 0. The maximum absolute atomic E-state index is 13.1. The third-order valence-electron chi connectivity index (χ3n) is 11.1. The molecule has 0 aliphatic heterocycles. The Labute approximate surface area is 387 Å². The van der Waals surface area contributed by atoms with Crippen LogP contribution in [0.5, 0.6) is 0 Å². The molecule has 1 N–H and O–H groups in total. The van der Waals surface area contributed by atoms with E-state index in [0.717, 1.165) is 57.8 Å². The second-order valence-electron chi connectivity index (χ2n) is 17.4. The highest BCUT2D eigenvalue weighted by Gasteiger charge is 2.43. The topological polar surface area (TPSA) is 178 Å². The summed E-state index contributed by atoms with van der Waals surface area (Å²) in [7, 11) is 0. The van der Waals surface area contributed by atoms with E-state index in [4.69, 9.17) is 28.4 Å². The maximum Gasteiger partial charge on any atom is 0.339 e. The van der Waals surface area contributed by atoms with E-state index in [9.17, 15) is 33.9 Å². The Kier molecular flexibility index (Phi) is 42.7. The van der Waals surface area contributed by atoms with Crippen molar-refractivity contribution in [1.82, 2.24) is 0 Å². The molecular formula is C51H92O13. The summed E-state index contributed by atoms with van der Waals surface area (Å²) in [6, 6.07) is 0. The molecule has 0 rings (SSSR count). The van der Waals surface area contributed by atoms with Crippen LogP contribution in [0.3, 0.4) is 0 Å². The number of hydrogen-bond donors (Lipinski definition) is 1. The van der Waals surface area contributed by atoms with Crippen molar-refractivity contribution in [2.24, 2.45) is 0 Å². The van der Waals surface area contributed by atoms with Crippen LogP contribution in [0.25, 0.3) is 0 Å². The molecule has 0 saturated carbocycles. The zero-order chi connectivity index (χ0) is 47.2. The van der Waals surface area contributed by atoms with Crippen LogP contribution < -0.4 is 0 Å². The van der Waals surface area contributed by atoms with Gasteiger partial charge in [-0.1, -0.05) is 156 Å². The molecule has 13 heteroatoms. The van der Waals surface area contributed by atoms with Crippen molar-refractivity contribution >= 4 is 35.8 Å². The van der Waals surface area contributed by atoms with Crippen LogP contribution in [0.2, 0.25) is 0 Å². The first-order valence-corrected chi connectivity index (χ1v) is 25.8. The highest BCUT2D eigenvalue weighted by atomic mass is 16.6. The van der Waals surface area contributed by atoms with Gasteiger partial charge in [-0.3, -0.25) is 24.0 Å². The zero-order valence-corrected chi connectivity index (χ0v) is 40.8. The van der Waals surface area contributed by atoms with E-state index < -0.39 is 36.4 Å². The summed E-state index contributed by atoms with van der Waals surface area (Å²) in [5.74, 6) is -3.74. The lowest BCUT2D eigenvalue weighted by Crippen LogP contribution is -2.45. The summed E-state index contributed by atoms with van der Waals surface area (Å²) in [5.41, 5.74) is -2.54. The molecule has 0 bridgehead atoms. The van der Waals surface area contributed by atoms with Crippen LogP contribution in [0, 0.1) is 0 Å². The Morgan fingerprint density at radius 3 is 0.781 bits per heavy atom. The average Bonchev–Trinajstić information content (AvgIpc) is 3.27. The number of unbranched alkanes of at least 4 members (excludes halogenated alkanes) is 24. The van der Waals surface area contributed by atoms with Gasteiger partial charge in [-0.15, -0.1) is 0 Å². The van der Waals surface area contributed by atoms with Crippen LogP contribution >= 0.6 is 0 Å². The number of rotatable bonds is 47. The van der Waals surface area contributed by atoms with Crippen molar-refractivity contribution in [2.75, 3.05) is 39.6 Å². The molecule has 0 aromatic heterocycles. The Bertz CT molecular complexity index is 1120. The van der Waals surface area contributed by atoms with E-state index in [1.807, 2.05) is 0 Å². The van der Waals surface area contributed by atoms with E-state index >= 15 is 0 Å². The number of esters is 6. The minimum atomic E-state index is -2.54. The third kappa shape index (κ3) is 40.3. The molecule has 0 unspecified atom stereocenters. The largest absolute Gasteiger partial charge is 0.466 e. The predicted molar refractivity (Wildman–Crippen MR) is 249 cm³/mol. The van der Waals surface area contributed by atoms with Gasteiger partial charge in [0.25, 0.3) is 0 Å². The van der Waals surface area contributed by atoms with Crippen molar-refractivity contribution in [3.05, 3.63) is 0 Å². The molecule has 0 aliphatic rings. The van der Waals surface area contributed by atoms with E-state index in [1.54, 1.807) is 0 Å². The first-order chi connectivity index (χ1) is 31.1. The van der Waals surface area contributed by atoms with Gasteiger partial charge in [-0.05, 0) is 57.8 Å². The molecule has 0 heterocycles. The molecule has 0 fully saturated rings. The minimum absolute atomic E-state index is 0.0363. The molecular weight excluding hydrogens is 821 g/mol. The third-order valence-corrected chi connectivity index (χ3v) is 11.1. The molecule has 0 aromatic rings. The second-order valence-corrected chi connectivity index (χ2v) is 17.4. The predicted octanol–water partition coefficient (Wildman–Crippen LogP) is 11.7. The van der Waals surface area contributed by atoms with Crippen LogP contribution in [-0.2, 0) is 57.2 Å². The van der Waals surface area contributed by atoms with Gasteiger partial charge < -0.3 is 33.5 Å². The molecule has 0 aromatic carbocycles. The average molecular weight is 913 g/mol. The summed E-state index contributed by atoms with van der Waals surface area (Å²) < 4.78 is 31.7. The molecule has 374 valence electrons. The lowest BCUT2D eigenvalue weighted by molar-refractivity contribution is -0.178. The van der Waals surface area contributed by atoms with Crippen molar-refractivity contribution in [3.63, 3.8) is 0 Å². The van der Waals surface area contributed by atoms with Gasteiger partial charge in [0.15, 0.2) is 5.60 Å². The summed E-state index contributed by atoms with van der Waals surface area (Å²) in [4.78, 5) is 74.9. The number of aliphatic hydroxyl groups is 1. The monoisotopic (exact) mass is 913 g/mol. The van der Waals surface area contributed by atoms with Gasteiger partial charge >= 0.3 is 35.8 Å². The molecule has 0 radical (unpaired) electrons. The highest BCUT2D eigenvalue weighted by Crippen LogP contribution is 2.21. The minimum Gasteiger partial charge on any atom is -0.466 e. The van der Waals surface area contributed by atoms with E-state index in [0.29, 0.717) is 57.8 Å². The fourth-order valence-electron chi connectivity index (χ4n) is 7.05. The number of carbonyl (C=O) groups is 6. The molecule has 13 nitrogen and oxygen atoms in total. The van der Waals surface area contributed by atoms with E-state index in [2.05, 4.69) is 20.8 Å². The molecule has 0 amide bonds. The number of hydrogen-bond acceptors (Lipinski definition) is 13. The van der Waals surface area contributed by atoms with Gasteiger partial charge in [0, 0.05) is 19.3 Å². The smallest absolute Gasteiger partial charge is 0.339 e. The number of ether oxygens (including phenoxy) is 6. The van der Waals surface area contributed by atoms with Crippen molar-refractivity contribution < 1.29 is 62.3 Å². The van der Waals surface area contributed by atoms with Gasteiger partial charge in [0.05, 0.1) is 52.5 Å². The van der Waals surface area contributed by atoms with Crippen LogP contribution in [-0.4, -0.2) is 86.2 Å². The fourth-order valence-corrected chi connectivity index (χ4v) is 7.05. The van der Waals surface area contributed by atoms with Crippen molar-refractivity contribution in [2.45, 2.75) is 251 Å². The lowest BCUT2D eigenvalue weighted by atomic mass is 9.95. The summed E-state index contributed by atoms with van der Waals surface area (Å²) in [5, 5.41) is 11.3. The van der Waals surface area contributed by atoms with Crippen molar-refractivity contribution in [3.8, 4) is 0 Å². The van der Waals surface area contributed by atoms with Crippen molar-refractivity contribution in [1.29, 1.82) is 0 Å². The fraction of sp³-hybridized carbons (Fsp3) is 0.882. The van der Waals surface area contributed by atoms with Crippen LogP contribution in [0.4, 0.5) is 0 Å². The normalized spacial score (nSPS) is 11.2. The highest BCUT2D eigenvalue weighted by molar-refractivity contribution is 5.90. The standard InChI is InChI=1S/C51H92O13/c1-4-7-10-13-16-19-22-25-34-45(52)59-37-28-30-40-62-48(55)43-51(58,50(57)64-42-33-32-39-61-47(54)36-27-24-21-18-15-12-9-6-3)44-49(56)63-41-31-29-38-60-46(53)35-26-23-20-17-14-11-8-5-2/h58H,4-44H2,1-3H3. The van der Waals surface area contributed by atoms with Gasteiger partial charge in [0.1, 0.15) is 0 Å². The Hall–Kier alpha value is -3.22. The summed E-state index contributed by atoms with van der Waals surface area (Å²) in [6.45, 7) is 6.92. The Morgan fingerprint density at radius 1 is 0.297 bits per heavy atom. The SMILES string of the molecule is CCCCCCCCCCC(=O)OCCCCOC(=O)CC(O)(CC(=O)OCCCCOC(=O)CCCCCCCCCC)C(=O)OCCCCOC(=O)CCCCCCCCCC. The quantitative estimate of drug-likeness (QED) is 0.0347. The Morgan fingerprint density at radius 2 is 0.516 bits per heavy atom. The maximum atomic E-state index is 13.1. The van der Waals surface area contributed by atoms with Gasteiger partial charge in [-0.2, -0.15) is 0 Å². The molecule has 0 spiro atoms. The zero-order valence-electron chi connectivity index (χ0n) is 40.8. The first-order valence-electron chi connectivity index (χ1n) is 25.8. The Balaban J connectivity index is 4.68. The second kappa shape index (κ2) is 45.0. The molecule has 0 aliphatic carbocycles.